The van der Waals surface area contributed by atoms with Gasteiger partial charge >= 0.3 is 0 Å². The fourth-order valence-electron chi connectivity index (χ4n) is 3.47. The quantitative estimate of drug-likeness (QED) is 0.391. The normalized spacial score (nSPS) is 12.0. The van der Waals surface area contributed by atoms with E-state index < -0.39 is 0 Å². The van der Waals surface area contributed by atoms with Crippen molar-refractivity contribution >= 4 is 23.2 Å². The average molecular weight is 459 g/mol. The van der Waals surface area contributed by atoms with Gasteiger partial charge in [-0.15, -0.1) is 0 Å². The summed E-state index contributed by atoms with van der Waals surface area (Å²) in [6.45, 7) is 10.6. The molecule has 0 heterocycles. The maximum Gasteiger partial charge on any atom is 0.262 e. The molecule has 178 valence electrons. The number of rotatable bonds is 8. The second-order valence-electron chi connectivity index (χ2n) is 9.58. The highest BCUT2D eigenvalue weighted by Gasteiger charge is 2.14. The number of carbonyl (C=O) groups is 2. The Hall–Kier alpha value is -3.60. The summed E-state index contributed by atoms with van der Waals surface area (Å²) in [4.78, 5) is 25.0. The number of hydrogen-bond acceptors (Lipinski definition) is 3. The molecular weight excluding hydrogens is 424 g/mol. The minimum Gasteiger partial charge on any atom is -0.484 e. The molecule has 0 aromatic heterocycles. The number of nitrogens with one attached hydrogen (secondary N) is 2. The average Bonchev–Trinajstić information content (AvgIpc) is 2.82. The van der Waals surface area contributed by atoms with Gasteiger partial charge in [-0.2, -0.15) is 0 Å². The molecule has 0 spiro atoms. The molecule has 3 rings (SSSR count). The van der Waals surface area contributed by atoms with E-state index in [-0.39, 0.29) is 23.8 Å². The van der Waals surface area contributed by atoms with Crippen molar-refractivity contribution in [2.75, 3.05) is 17.2 Å². The van der Waals surface area contributed by atoms with Crippen molar-refractivity contribution in [3.05, 3.63) is 89.5 Å². The number of hydrogen-bond donors (Lipinski definition) is 2. The Morgan fingerprint density at radius 1 is 0.882 bits per heavy atom. The molecule has 5 heteroatoms. The lowest BCUT2D eigenvalue weighted by molar-refractivity contribution is -0.118. The zero-order valence-electron chi connectivity index (χ0n) is 20.6. The van der Waals surface area contributed by atoms with Crippen molar-refractivity contribution in [3.8, 4) is 5.75 Å². The Bertz CT molecular complexity index is 1110. The van der Waals surface area contributed by atoms with Crippen LogP contribution in [0, 0.1) is 0 Å². The van der Waals surface area contributed by atoms with Gasteiger partial charge in [0.25, 0.3) is 11.8 Å². The number of amides is 2. The van der Waals surface area contributed by atoms with Gasteiger partial charge in [-0.3, -0.25) is 9.59 Å². The summed E-state index contributed by atoms with van der Waals surface area (Å²) in [5, 5.41) is 5.70. The molecule has 1 atom stereocenters. The molecule has 3 aromatic rings. The van der Waals surface area contributed by atoms with Gasteiger partial charge in [-0.1, -0.05) is 65.0 Å². The summed E-state index contributed by atoms with van der Waals surface area (Å²) in [5.74, 6) is 0.675. The zero-order valence-corrected chi connectivity index (χ0v) is 20.6. The van der Waals surface area contributed by atoms with Gasteiger partial charge in [0.1, 0.15) is 5.75 Å². The van der Waals surface area contributed by atoms with Crippen LogP contribution in [0.3, 0.4) is 0 Å². The molecule has 2 amide bonds. The first-order valence-electron chi connectivity index (χ1n) is 11.7. The van der Waals surface area contributed by atoms with Gasteiger partial charge in [0, 0.05) is 16.9 Å². The summed E-state index contributed by atoms with van der Waals surface area (Å²) < 4.78 is 5.61. The molecule has 0 unspecified atom stereocenters. The van der Waals surface area contributed by atoms with E-state index >= 15 is 0 Å². The third-order valence-corrected chi connectivity index (χ3v) is 5.85. The molecule has 34 heavy (non-hydrogen) atoms. The Kier molecular flexibility index (Phi) is 8.11. The number of carbonyl (C=O) groups excluding carboxylic acids is 2. The first kappa shape index (κ1) is 25.0. The van der Waals surface area contributed by atoms with Crippen LogP contribution in [0.1, 0.15) is 68.4 Å². The predicted molar refractivity (Wildman–Crippen MR) is 139 cm³/mol. The molecule has 0 radical (unpaired) electrons. The number of ether oxygens (including phenoxy) is 1. The summed E-state index contributed by atoms with van der Waals surface area (Å²) in [6, 6.07) is 22.5. The highest BCUT2D eigenvalue weighted by atomic mass is 16.5. The Morgan fingerprint density at radius 3 is 2.09 bits per heavy atom. The topological polar surface area (TPSA) is 67.4 Å². The second-order valence-corrected chi connectivity index (χ2v) is 9.58. The monoisotopic (exact) mass is 458 g/mol. The maximum absolute atomic E-state index is 12.6. The van der Waals surface area contributed by atoms with Crippen molar-refractivity contribution in [3.63, 3.8) is 0 Å². The molecule has 0 aliphatic rings. The standard InChI is InChI=1S/C29H34N2O3/c1-6-20(2)21-12-16-26(17-13-21)34-19-27(32)30-24-8-7-9-25(18-24)31-28(33)22-10-14-23(15-11-22)29(3,4)5/h7-18,20H,6,19H2,1-5H3,(H,30,32)(H,31,33)/t20-/m1/s1. The molecule has 5 nitrogen and oxygen atoms in total. The van der Waals surface area contributed by atoms with E-state index in [1.807, 2.05) is 48.5 Å². The molecular formula is C29H34N2O3. The van der Waals surface area contributed by atoms with E-state index in [1.54, 1.807) is 24.3 Å². The van der Waals surface area contributed by atoms with Crippen LogP contribution in [0.4, 0.5) is 11.4 Å². The van der Waals surface area contributed by atoms with Crippen LogP contribution in [-0.2, 0) is 10.2 Å². The lowest BCUT2D eigenvalue weighted by atomic mass is 9.87. The molecule has 0 aliphatic carbocycles. The van der Waals surface area contributed by atoms with E-state index in [2.05, 4.69) is 45.3 Å². The Balaban J connectivity index is 1.54. The van der Waals surface area contributed by atoms with Crippen molar-refractivity contribution in [2.24, 2.45) is 0 Å². The Labute approximate surface area is 202 Å². The molecule has 0 saturated heterocycles. The van der Waals surface area contributed by atoms with Gasteiger partial charge in [-0.05, 0) is 71.3 Å². The third-order valence-electron chi connectivity index (χ3n) is 5.85. The van der Waals surface area contributed by atoms with Gasteiger partial charge in [-0.25, -0.2) is 0 Å². The molecule has 0 bridgehead atoms. The molecule has 0 saturated carbocycles. The number of anilines is 2. The van der Waals surface area contributed by atoms with Crippen molar-refractivity contribution < 1.29 is 14.3 Å². The van der Waals surface area contributed by atoms with Crippen LogP contribution in [0.15, 0.2) is 72.8 Å². The molecule has 2 N–H and O–H groups in total. The van der Waals surface area contributed by atoms with Gasteiger partial charge < -0.3 is 15.4 Å². The van der Waals surface area contributed by atoms with Crippen molar-refractivity contribution in [1.82, 2.24) is 0 Å². The molecule has 0 fully saturated rings. The highest BCUT2D eigenvalue weighted by Crippen LogP contribution is 2.23. The van der Waals surface area contributed by atoms with Crippen molar-refractivity contribution in [2.45, 2.75) is 52.4 Å². The second kappa shape index (κ2) is 11.0. The smallest absolute Gasteiger partial charge is 0.262 e. The molecule has 0 aliphatic heterocycles. The number of benzene rings is 3. The lowest BCUT2D eigenvalue weighted by Gasteiger charge is -2.19. The van der Waals surface area contributed by atoms with Crippen LogP contribution in [0.5, 0.6) is 5.75 Å². The van der Waals surface area contributed by atoms with E-state index in [0.717, 1.165) is 6.42 Å². The summed E-state index contributed by atoms with van der Waals surface area (Å²) in [5.41, 5.74) is 4.22. The minimum absolute atomic E-state index is 0.0301. The first-order chi connectivity index (χ1) is 16.2. The summed E-state index contributed by atoms with van der Waals surface area (Å²) in [7, 11) is 0. The Morgan fingerprint density at radius 2 is 1.50 bits per heavy atom. The van der Waals surface area contributed by atoms with Crippen LogP contribution >= 0.6 is 0 Å². The SMILES string of the molecule is CC[C@@H](C)c1ccc(OCC(=O)Nc2cccc(NC(=O)c3ccc(C(C)(C)C)cc3)c2)cc1. The third kappa shape index (κ3) is 6.95. The van der Waals surface area contributed by atoms with Crippen molar-refractivity contribution in [1.29, 1.82) is 0 Å². The largest absolute Gasteiger partial charge is 0.484 e. The first-order valence-corrected chi connectivity index (χ1v) is 11.7. The van der Waals surface area contributed by atoms with E-state index in [0.29, 0.717) is 28.6 Å². The fourth-order valence-corrected chi connectivity index (χ4v) is 3.47. The van der Waals surface area contributed by atoms with E-state index in [9.17, 15) is 9.59 Å². The van der Waals surface area contributed by atoms with Gasteiger partial charge in [0.05, 0.1) is 0 Å². The van der Waals surface area contributed by atoms with Crippen LogP contribution in [-0.4, -0.2) is 18.4 Å². The maximum atomic E-state index is 12.6. The van der Waals surface area contributed by atoms with Crippen LogP contribution in [0.25, 0.3) is 0 Å². The fraction of sp³-hybridized carbons (Fsp3) is 0.310. The molecule has 3 aromatic carbocycles. The van der Waals surface area contributed by atoms with Crippen LogP contribution < -0.4 is 15.4 Å². The predicted octanol–water partition coefficient (Wildman–Crippen LogP) is 6.77. The lowest BCUT2D eigenvalue weighted by Crippen LogP contribution is -2.20. The van der Waals surface area contributed by atoms with E-state index in [4.69, 9.17) is 4.74 Å². The van der Waals surface area contributed by atoms with E-state index in [1.165, 1.54) is 11.1 Å². The minimum atomic E-state index is -0.271. The highest BCUT2D eigenvalue weighted by molar-refractivity contribution is 6.04. The van der Waals surface area contributed by atoms with Gasteiger partial charge in [0.15, 0.2) is 6.61 Å². The zero-order chi connectivity index (χ0) is 24.7. The van der Waals surface area contributed by atoms with Crippen LogP contribution in [0.2, 0.25) is 0 Å². The summed E-state index contributed by atoms with van der Waals surface area (Å²) in [6.07, 6.45) is 1.08. The summed E-state index contributed by atoms with van der Waals surface area (Å²) >= 11 is 0. The van der Waals surface area contributed by atoms with Gasteiger partial charge in [0.2, 0.25) is 0 Å².